The van der Waals surface area contributed by atoms with Gasteiger partial charge in [0.2, 0.25) is 0 Å². The minimum absolute atomic E-state index is 0.160. The summed E-state index contributed by atoms with van der Waals surface area (Å²) in [6, 6.07) is 7.82. The summed E-state index contributed by atoms with van der Waals surface area (Å²) in [4.78, 5) is 0. The van der Waals surface area contributed by atoms with E-state index in [1.807, 2.05) is 32.0 Å². The molecule has 14 heavy (non-hydrogen) atoms. The first-order valence-electron chi connectivity index (χ1n) is 4.45. The molecule has 1 rings (SSSR count). The fourth-order valence-electron chi connectivity index (χ4n) is 1.10. The van der Waals surface area contributed by atoms with E-state index in [2.05, 4.69) is 22.0 Å². The van der Waals surface area contributed by atoms with Crippen molar-refractivity contribution < 1.29 is 4.74 Å². The van der Waals surface area contributed by atoms with Crippen molar-refractivity contribution in [3.05, 3.63) is 28.2 Å². The average Bonchev–Trinajstić information content (AvgIpc) is 2.10. The second kappa shape index (κ2) is 5.02. The Hall–Kier alpha value is -1.01. The van der Waals surface area contributed by atoms with Crippen LogP contribution in [0.25, 0.3) is 0 Å². The van der Waals surface area contributed by atoms with E-state index in [0.717, 1.165) is 15.8 Å². The molecule has 0 radical (unpaired) electrons. The number of nitriles is 1. The van der Waals surface area contributed by atoms with Crippen LogP contribution in [-0.2, 0) is 6.42 Å². The monoisotopic (exact) mass is 253 g/mol. The van der Waals surface area contributed by atoms with Crippen LogP contribution in [-0.4, -0.2) is 6.10 Å². The zero-order valence-electron chi connectivity index (χ0n) is 8.25. The molecule has 0 saturated heterocycles. The first-order valence-corrected chi connectivity index (χ1v) is 5.25. The number of hydrogen-bond donors (Lipinski definition) is 0. The predicted octanol–water partition coefficient (Wildman–Crippen LogP) is 3.30. The average molecular weight is 254 g/mol. The highest BCUT2D eigenvalue weighted by Crippen LogP contribution is 2.26. The first kappa shape index (κ1) is 11.1. The lowest BCUT2D eigenvalue weighted by Crippen LogP contribution is -2.05. The third kappa shape index (κ3) is 3.04. The lowest BCUT2D eigenvalue weighted by molar-refractivity contribution is 0.241. The van der Waals surface area contributed by atoms with E-state index in [1.165, 1.54) is 0 Å². The van der Waals surface area contributed by atoms with Crippen LogP contribution in [0.2, 0.25) is 0 Å². The third-order valence-corrected chi connectivity index (χ3v) is 2.26. The van der Waals surface area contributed by atoms with Gasteiger partial charge in [-0.1, -0.05) is 6.07 Å². The standard InChI is InChI=1S/C11H12BrNO/c1-8(2)14-11-4-3-9(5-6-13)7-10(11)12/h3-4,7-8H,5H2,1-2H3. The van der Waals surface area contributed by atoms with Crippen molar-refractivity contribution in [3.63, 3.8) is 0 Å². The third-order valence-electron chi connectivity index (χ3n) is 1.64. The lowest BCUT2D eigenvalue weighted by Gasteiger charge is -2.11. The van der Waals surface area contributed by atoms with Gasteiger partial charge in [0, 0.05) is 0 Å². The zero-order chi connectivity index (χ0) is 10.6. The Morgan fingerprint density at radius 3 is 2.71 bits per heavy atom. The van der Waals surface area contributed by atoms with E-state index in [0.29, 0.717) is 6.42 Å². The molecule has 0 fully saturated rings. The molecule has 0 N–H and O–H groups in total. The van der Waals surface area contributed by atoms with Gasteiger partial charge in [0.25, 0.3) is 0 Å². The largest absolute Gasteiger partial charge is 0.490 e. The first-order chi connectivity index (χ1) is 6.63. The van der Waals surface area contributed by atoms with Crippen molar-refractivity contribution in [2.75, 3.05) is 0 Å². The highest BCUT2D eigenvalue weighted by Gasteiger charge is 2.04. The molecule has 74 valence electrons. The molecule has 0 atom stereocenters. The van der Waals surface area contributed by atoms with Gasteiger partial charge in [-0.05, 0) is 47.5 Å². The van der Waals surface area contributed by atoms with Crippen LogP contribution in [0, 0.1) is 11.3 Å². The van der Waals surface area contributed by atoms with Crippen LogP contribution in [0.3, 0.4) is 0 Å². The molecule has 0 unspecified atom stereocenters. The van der Waals surface area contributed by atoms with Crippen LogP contribution < -0.4 is 4.74 Å². The van der Waals surface area contributed by atoms with Gasteiger partial charge in [-0.15, -0.1) is 0 Å². The summed E-state index contributed by atoms with van der Waals surface area (Å²) in [7, 11) is 0. The Bertz CT molecular complexity index is 355. The predicted molar refractivity (Wildman–Crippen MR) is 59.2 cm³/mol. The Kier molecular flexibility index (Phi) is 3.97. The molecular formula is C11H12BrNO. The molecule has 2 nitrogen and oxygen atoms in total. The number of ether oxygens (including phenoxy) is 1. The van der Waals surface area contributed by atoms with Gasteiger partial charge in [-0.2, -0.15) is 5.26 Å². The molecule has 0 aliphatic carbocycles. The van der Waals surface area contributed by atoms with Crippen LogP contribution >= 0.6 is 15.9 Å². The van der Waals surface area contributed by atoms with Gasteiger partial charge >= 0.3 is 0 Å². The van der Waals surface area contributed by atoms with Gasteiger partial charge in [0.05, 0.1) is 23.1 Å². The maximum atomic E-state index is 8.53. The Labute approximate surface area is 92.6 Å². The van der Waals surface area contributed by atoms with E-state index in [1.54, 1.807) is 0 Å². The van der Waals surface area contributed by atoms with Crippen LogP contribution in [0.15, 0.2) is 22.7 Å². The van der Waals surface area contributed by atoms with Crippen LogP contribution in [0.4, 0.5) is 0 Å². The molecule has 3 heteroatoms. The summed E-state index contributed by atoms with van der Waals surface area (Å²) in [5.41, 5.74) is 0.996. The topological polar surface area (TPSA) is 33.0 Å². The van der Waals surface area contributed by atoms with Crippen molar-refractivity contribution in [1.82, 2.24) is 0 Å². The summed E-state index contributed by atoms with van der Waals surface area (Å²) < 4.78 is 6.45. The minimum atomic E-state index is 0.160. The molecule has 0 aliphatic rings. The maximum absolute atomic E-state index is 8.53. The highest BCUT2D eigenvalue weighted by molar-refractivity contribution is 9.10. The highest BCUT2D eigenvalue weighted by atomic mass is 79.9. The lowest BCUT2D eigenvalue weighted by atomic mass is 10.2. The molecule has 0 spiro atoms. The molecule has 0 saturated carbocycles. The second-order valence-electron chi connectivity index (χ2n) is 3.27. The van der Waals surface area contributed by atoms with Crippen LogP contribution in [0.1, 0.15) is 19.4 Å². The molecule has 0 aromatic heterocycles. The summed E-state index contributed by atoms with van der Waals surface area (Å²) in [5, 5.41) is 8.53. The van der Waals surface area contributed by atoms with Crippen molar-refractivity contribution in [2.24, 2.45) is 0 Å². The number of rotatable bonds is 3. The van der Waals surface area contributed by atoms with Crippen molar-refractivity contribution in [2.45, 2.75) is 26.4 Å². The summed E-state index contributed by atoms with van der Waals surface area (Å²) in [6.07, 6.45) is 0.591. The Balaban J connectivity index is 2.85. The smallest absolute Gasteiger partial charge is 0.133 e. The summed E-state index contributed by atoms with van der Waals surface area (Å²) >= 11 is 3.41. The van der Waals surface area contributed by atoms with Gasteiger partial charge in [0.1, 0.15) is 5.75 Å². The number of halogens is 1. The van der Waals surface area contributed by atoms with E-state index >= 15 is 0 Å². The fourth-order valence-corrected chi connectivity index (χ4v) is 1.61. The van der Waals surface area contributed by atoms with E-state index in [9.17, 15) is 0 Å². The SMILES string of the molecule is CC(C)Oc1ccc(CC#N)cc1Br. The minimum Gasteiger partial charge on any atom is -0.490 e. The second-order valence-corrected chi connectivity index (χ2v) is 4.12. The van der Waals surface area contributed by atoms with Crippen LogP contribution in [0.5, 0.6) is 5.75 Å². The van der Waals surface area contributed by atoms with E-state index < -0.39 is 0 Å². The number of benzene rings is 1. The Morgan fingerprint density at radius 2 is 2.21 bits per heavy atom. The summed E-state index contributed by atoms with van der Waals surface area (Å²) in [5.74, 6) is 0.821. The molecule has 0 amide bonds. The van der Waals surface area contributed by atoms with Gasteiger partial charge < -0.3 is 4.74 Å². The van der Waals surface area contributed by atoms with E-state index in [4.69, 9.17) is 10.00 Å². The fraction of sp³-hybridized carbons (Fsp3) is 0.364. The van der Waals surface area contributed by atoms with Gasteiger partial charge in [-0.3, -0.25) is 0 Å². The molecular weight excluding hydrogens is 242 g/mol. The molecule has 0 heterocycles. The molecule has 0 aliphatic heterocycles. The van der Waals surface area contributed by atoms with Gasteiger partial charge in [0.15, 0.2) is 0 Å². The normalized spacial score (nSPS) is 9.93. The molecule has 1 aromatic rings. The Morgan fingerprint density at radius 1 is 1.50 bits per heavy atom. The quantitative estimate of drug-likeness (QED) is 0.829. The number of hydrogen-bond acceptors (Lipinski definition) is 2. The maximum Gasteiger partial charge on any atom is 0.133 e. The molecule has 1 aromatic carbocycles. The molecule has 0 bridgehead atoms. The number of nitrogens with zero attached hydrogens (tertiary/aromatic N) is 1. The van der Waals surface area contributed by atoms with Crippen molar-refractivity contribution >= 4 is 15.9 Å². The van der Waals surface area contributed by atoms with Crippen molar-refractivity contribution in [1.29, 1.82) is 5.26 Å². The zero-order valence-corrected chi connectivity index (χ0v) is 9.84. The van der Waals surface area contributed by atoms with Gasteiger partial charge in [-0.25, -0.2) is 0 Å². The van der Waals surface area contributed by atoms with E-state index in [-0.39, 0.29) is 6.10 Å². The summed E-state index contributed by atoms with van der Waals surface area (Å²) in [6.45, 7) is 3.96. The van der Waals surface area contributed by atoms with Crippen molar-refractivity contribution in [3.8, 4) is 11.8 Å².